The van der Waals surface area contributed by atoms with E-state index in [0.717, 1.165) is 30.4 Å². The van der Waals surface area contributed by atoms with Crippen LogP contribution in [0, 0.1) is 0 Å². The SMILES string of the molecule is CCCc1nc(S/C(=C\c2ccccc2OC(C)C)C(=O)[O-])n[nH]1. The predicted molar refractivity (Wildman–Crippen MR) is 91.4 cm³/mol. The molecule has 0 amide bonds. The molecule has 0 aliphatic rings. The molecule has 128 valence electrons. The fourth-order valence-corrected chi connectivity index (χ4v) is 2.72. The lowest BCUT2D eigenvalue weighted by Gasteiger charge is -2.13. The lowest BCUT2D eigenvalue weighted by atomic mass is 10.2. The van der Waals surface area contributed by atoms with Crippen LogP contribution >= 0.6 is 11.8 Å². The van der Waals surface area contributed by atoms with E-state index in [0.29, 0.717) is 16.5 Å². The third-order valence-corrected chi connectivity index (χ3v) is 3.84. The summed E-state index contributed by atoms with van der Waals surface area (Å²) < 4.78 is 5.71. The van der Waals surface area contributed by atoms with Crippen LogP contribution < -0.4 is 9.84 Å². The smallest absolute Gasteiger partial charge is 0.213 e. The van der Waals surface area contributed by atoms with Gasteiger partial charge in [0.2, 0.25) is 5.16 Å². The van der Waals surface area contributed by atoms with Gasteiger partial charge in [-0.15, -0.1) is 5.10 Å². The highest BCUT2D eigenvalue weighted by Gasteiger charge is 2.10. The maximum atomic E-state index is 11.5. The molecule has 1 heterocycles. The van der Waals surface area contributed by atoms with Gasteiger partial charge in [-0.05, 0) is 44.2 Å². The zero-order chi connectivity index (χ0) is 17.5. The van der Waals surface area contributed by atoms with Gasteiger partial charge in [-0.3, -0.25) is 5.10 Å². The van der Waals surface area contributed by atoms with E-state index in [9.17, 15) is 9.90 Å². The molecule has 0 bridgehead atoms. The maximum absolute atomic E-state index is 11.5. The Morgan fingerprint density at radius 1 is 1.42 bits per heavy atom. The number of carboxylic acids is 1. The summed E-state index contributed by atoms with van der Waals surface area (Å²) in [5.74, 6) is 0.0796. The number of aromatic amines is 1. The minimum absolute atomic E-state index is 0.0109. The predicted octanol–water partition coefficient (Wildman–Crippen LogP) is 2.43. The third-order valence-electron chi connectivity index (χ3n) is 2.97. The molecule has 0 unspecified atom stereocenters. The molecule has 2 rings (SSSR count). The average Bonchev–Trinajstić information content (AvgIpc) is 2.95. The van der Waals surface area contributed by atoms with Gasteiger partial charge in [0.25, 0.3) is 0 Å². The number of rotatable bonds is 8. The Hall–Kier alpha value is -2.28. The number of H-pyrrole nitrogens is 1. The molecule has 7 heteroatoms. The van der Waals surface area contributed by atoms with Gasteiger partial charge in [-0.25, -0.2) is 4.98 Å². The highest BCUT2D eigenvalue weighted by atomic mass is 32.2. The number of carboxylic acid groups (broad SMARTS) is 1. The van der Waals surface area contributed by atoms with Crippen LogP contribution in [0.1, 0.15) is 38.6 Å². The largest absolute Gasteiger partial charge is 0.544 e. The quantitative estimate of drug-likeness (QED) is 0.583. The zero-order valence-electron chi connectivity index (χ0n) is 13.9. The first-order valence-corrected chi connectivity index (χ1v) is 8.59. The normalized spacial score (nSPS) is 11.8. The van der Waals surface area contributed by atoms with Crippen molar-refractivity contribution in [1.29, 1.82) is 0 Å². The Morgan fingerprint density at radius 3 is 2.83 bits per heavy atom. The fraction of sp³-hybridized carbons (Fsp3) is 0.353. The standard InChI is InChI=1S/C17H21N3O3S/c1-4-7-15-18-17(20-19-15)24-14(16(21)22)10-12-8-5-6-9-13(12)23-11(2)3/h5-6,8-11H,4,7H2,1-3H3,(H,21,22)(H,18,19,20)/p-1/b14-10-. The Morgan fingerprint density at radius 2 is 2.17 bits per heavy atom. The molecule has 0 aliphatic carbocycles. The summed E-state index contributed by atoms with van der Waals surface area (Å²) in [6.45, 7) is 5.86. The molecule has 1 aromatic carbocycles. The second-order valence-corrected chi connectivity index (χ2v) is 6.43. The summed E-state index contributed by atoms with van der Waals surface area (Å²) in [5, 5.41) is 18.7. The summed E-state index contributed by atoms with van der Waals surface area (Å²) in [5.41, 5.74) is 0.669. The minimum atomic E-state index is -1.28. The van der Waals surface area contributed by atoms with E-state index in [-0.39, 0.29) is 11.0 Å². The monoisotopic (exact) mass is 346 g/mol. The van der Waals surface area contributed by atoms with Crippen molar-refractivity contribution < 1.29 is 14.6 Å². The molecule has 1 N–H and O–H groups in total. The van der Waals surface area contributed by atoms with Crippen LogP contribution in [-0.2, 0) is 11.2 Å². The number of aryl methyl sites for hydroxylation is 1. The average molecular weight is 346 g/mol. The molecule has 6 nitrogen and oxygen atoms in total. The molecule has 0 fully saturated rings. The van der Waals surface area contributed by atoms with Crippen molar-refractivity contribution in [3.05, 3.63) is 40.6 Å². The number of carbonyl (C=O) groups excluding carboxylic acids is 1. The van der Waals surface area contributed by atoms with Gasteiger partial charge in [-0.2, -0.15) is 0 Å². The summed E-state index contributed by atoms with van der Waals surface area (Å²) in [7, 11) is 0. The number of nitrogens with one attached hydrogen (secondary N) is 1. The number of hydrogen-bond donors (Lipinski definition) is 1. The summed E-state index contributed by atoms with van der Waals surface area (Å²) in [6, 6.07) is 7.26. The lowest BCUT2D eigenvalue weighted by molar-refractivity contribution is -0.297. The highest BCUT2D eigenvalue weighted by molar-refractivity contribution is 8.04. The molecule has 24 heavy (non-hydrogen) atoms. The summed E-state index contributed by atoms with van der Waals surface area (Å²) in [4.78, 5) is 15.8. The molecule has 0 spiro atoms. The van der Waals surface area contributed by atoms with Crippen LogP contribution in [0.15, 0.2) is 34.3 Å². The zero-order valence-corrected chi connectivity index (χ0v) is 14.7. The van der Waals surface area contributed by atoms with Crippen LogP contribution in [-0.4, -0.2) is 27.3 Å². The van der Waals surface area contributed by atoms with Gasteiger partial charge >= 0.3 is 0 Å². The van der Waals surface area contributed by atoms with Crippen molar-refractivity contribution in [2.24, 2.45) is 0 Å². The van der Waals surface area contributed by atoms with E-state index in [4.69, 9.17) is 4.74 Å². The van der Waals surface area contributed by atoms with Crippen molar-refractivity contribution in [2.75, 3.05) is 0 Å². The van der Waals surface area contributed by atoms with Gasteiger partial charge in [0.1, 0.15) is 11.6 Å². The second kappa shape index (κ2) is 8.54. The fourth-order valence-electron chi connectivity index (χ4n) is 2.00. The molecular formula is C17H20N3O3S-. The van der Waals surface area contributed by atoms with Gasteiger partial charge in [0.05, 0.1) is 12.1 Å². The van der Waals surface area contributed by atoms with Gasteiger partial charge in [0, 0.05) is 16.9 Å². The molecule has 1 aromatic heterocycles. The topological polar surface area (TPSA) is 90.9 Å². The van der Waals surface area contributed by atoms with E-state index in [1.807, 2.05) is 32.9 Å². The minimum Gasteiger partial charge on any atom is -0.544 e. The lowest BCUT2D eigenvalue weighted by Crippen LogP contribution is -2.23. The Labute approximate surface area is 145 Å². The van der Waals surface area contributed by atoms with Crippen molar-refractivity contribution >= 4 is 23.8 Å². The number of nitrogens with zero attached hydrogens (tertiary/aromatic N) is 2. The van der Waals surface area contributed by atoms with Crippen LogP contribution in [0.2, 0.25) is 0 Å². The molecular weight excluding hydrogens is 326 g/mol. The van der Waals surface area contributed by atoms with Gasteiger partial charge in [0.15, 0.2) is 0 Å². The number of benzene rings is 1. The van der Waals surface area contributed by atoms with Crippen molar-refractivity contribution in [3.63, 3.8) is 0 Å². The highest BCUT2D eigenvalue weighted by Crippen LogP contribution is 2.29. The molecule has 0 saturated heterocycles. The molecule has 0 radical (unpaired) electrons. The Kier molecular flexibility index (Phi) is 6.43. The van der Waals surface area contributed by atoms with Crippen LogP contribution in [0.5, 0.6) is 5.75 Å². The first-order valence-electron chi connectivity index (χ1n) is 7.77. The Bertz CT molecular complexity index is 725. The number of para-hydroxylation sites is 1. The summed E-state index contributed by atoms with van der Waals surface area (Å²) in [6.07, 6.45) is 3.21. The second-order valence-electron chi connectivity index (χ2n) is 5.42. The number of aliphatic carboxylic acids is 1. The number of hydrogen-bond acceptors (Lipinski definition) is 6. The van der Waals surface area contributed by atoms with Crippen LogP contribution in [0.25, 0.3) is 6.08 Å². The third kappa shape index (κ3) is 5.13. The van der Waals surface area contributed by atoms with E-state index >= 15 is 0 Å². The van der Waals surface area contributed by atoms with Crippen molar-refractivity contribution in [2.45, 2.75) is 44.9 Å². The van der Waals surface area contributed by atoms with Gasteiger partial charge in [-0.1, -0.05) is 25.1 Å². The van der Waals surface area contributed by atoms with Crippen molar-refractivity contribution in [3.8, 4) is 5.75 Å². The van der Waals surface area contributed by atoms with E-state index in [1.165, 1.54) is 6.08 Å². The van der Waals surface area contributed by atoms with E-state index in [1.54, 1.807) is 12.1 Å². The number of carbonyl (C=O) groups is 1. The van der Waals surface area contributed by atoms with Gasteiger partial charge < -0.3 is 14.6 Å². The van der Waals surface area contributed by atoms with Crippen LogP contribution in [0.4, 0.5) is 0 Å². The maximum Gasteiger partial charge on any atom is 0.213 e. The molecule has 0 atom stereocenters. The first-order chi connectivity index (χ1) is 11.5. The Balaban J connectivity index is 2.26. The van der Waals surface area contributed by atoms with Crippen molar-refractivity contribution in [1.82, 2.24) is 15.2 Å². The van der Waals surface area contributed by atoms with E-state index in [2.05, 4.69) is 15.2 Å². The number of ether oxygens (including phenoxy) is 1. The van der Waals surface area contributed by atoms with Crippen LogP contribution in [0.3, 0.4) is 0 Å². The summed E-state index contributed by atoms with van der Waals surface area (Å²) >= 11 is 0.956. The van der Waals surface area contributed by atoms with E-state index < -0.39 is 5.97 Å². The molecule has 0 aliphatic heterocycles. The molecule has 2 aromatic rings. The number of aromatic nitrogens is 3. The first kappa shape index (κ1) is 18.1. The number of thioether (sulfide) groups is 1. The molecule has 0 saturated carbocycles.